The minimum atomic E-state index is -0.0174. The maximum absolute atomic E-state index is 8.80. The minimum absolute atomic E-state index is 0.0174. The highest BCUT2D eigenvalue weighted by Crippen LogP contribution is 2.06. The zero-order chi connectivity index (χ0) is 10.9. The Morgan fingerprint density at radius 1 is 1.20 bits per heavy atom. The normalized spacial score (nSPS) is 10.8. The molecule has 4 heteroatoms. The molecule has 0 saturated heterocycles. The lowest BCUT2D eigenvalue weighted by molar-refractivity contribution is 0.276. The molecular formula is C11H21N3O. The van der Waals surface area contributed by atoms with Crippen LogP contribution in [0.15, 0.2) is 6.20 Å². The SMILES string of the molecule is CCCCCCCCn1cc(CO)nn1. The van der Waals surface area contributed by atoms with Crippen LogP contribution in [0.2, 0.25) is 0 Å². The van der Waals surface area contributed by atoms with Crippen molar-refractivity contribution in [3.63, 3.8) is 0 Å². The zero-order valence-corrected chi connectivity index (χ0v) is 9.52. The van der Waals surface area contributed by atoms with Crippen LogP contribution in [0.5, 0.6) is 0 Å². The molecule has 1 N–H and O–H groups in total. The van der Waals surface area contributed by atoms with E-state index in [0.29, 0.717) is 5.69 Å². The van der Waals surface area contributed by atoms with Gasteiger partial charge in [-0.15, -0.1) is 5.10 Å². The molecule has 0 radical (unpaired) electrons. The van der Waals surface area contributed by atoms with Crippen molar-refractivity contribution < 1.29 is 5.11 Å². The van der Waals surface area contributed by atoms with Gasteiger partial charge in [-0.25, -0.2) is 0 Å². The van der Waals surface area contributed by atoms with Crippen LogP contribution < -0.4 is 0 Å². The van der Waals surface area contributed by atoms with Crippen molar-refractivity contribution >= 4 is 0 Å². The van der Waals surface area contributed by atoms with E-state index in [1.165, 1.54) is 32.1 Å². The maximum atomic E-state index is 8.80. The van der Waals surface area contributed by atoms with Gasteiger partial charge in [0.2, 0.25) is 0 Å². The second kappa shape index (κ2) is 7.40. The monoisotopic (exact) mass is 211 g/mol. The highest BCUT2D eigenvalue weighted by molar-refractivity contribution is 4.88. The summed E-state index contributed by atoms with van der Waals surface area (Å²) in [5.74, 6) is 0. The molecule has 0 aliphatic rings. The molecule has 0 aliphatic carbocycles. The third-order valence-corrected chi connectivity index (χ3v) is 2.49. The standard InChI is InChI=1S/C11H21N3O/c1-2-3-4-5-6-7-8-14-9-11(10-15)12-13-14/h9,15H,2-8,10H2,1H3. The highest BCUT2D eigenvalue weighted by Gasteiger charge is 1.98. The number of rotatable bonds is 8. The Morgan fingerprint density at radius 3 is 2.60 bits per heavy atom. The van der Waals surface area contributed by atoms with E-state index in [4.69, 9.17) is 5.11 Å². The molecule has 0 fully saturated rings. The van der Waals surface area contributed by atoms with Crippen molar-refractivity contribution in [2.75, 3.05) is 0 Å². The first-order valence-electron chi connectivity index (χ1n) is 5.86. The minimum Gasteiger partial charge on any atom is -0.390 e. The van der Waals surface area contributed by atoms with Crippen molar-refractivity contribution in [2.45, 2.75) is 58.6 Å². The number of aliphatic hydroxyl groups is 1. The molecule has 1 rings (SSSR count). The van der Waals surface area contributed by atoms with E-state index in [2.05, 4.69) is 17.2 Å². The number of hydrogen-bond donors (Lipinski definition) is 1. The Hall–Kier alpha value is -0.900. The van der Waals surface area contributed by atoms with E-state index in [-0.39, 0.29) is 6.61 Å². The van der Waals surface area contributed by atoms with Gasteiger partial charge in [-0.05, 0) is 6.42 Å². The van der Waals surface area contributed by atoms with Crippen LogP contribution in [0.25, 0.3) is 0 Å². The lowest BCUT2D eigenvalue weighted by atomic mass is 10.1. The lowest BCUT2D eigenvalue weighted by Crippen LogP contribution is -1.98. The highest BCUT2D eigenvalue weighted by atomic mass is 16.3. The molecule has 4 nitrogen and oxygen atoms in total. The van der Waals surface area contributed by atoms with E-state index in [1.807, 2.05) is 10.9 Å². The van der Waals surface area contributed by atoms with Crippen LogP contribution in [-0.4, -0.2) is 20.1 Å². The van der Waals surface area contributed by atoms with Crippen molar-refractivity contribution in [1.29, 1.82) is 0 Å². The first-order valence-corrected chi connectivity index (χ1v) is 5.86. The van der Waals surface area contributed by atoms with Gasteiger partial charge in [0.15, 0.2) is 0 Å². The summed E-state index contributed by atoms with van der Waals surface area (Å²) in [5, 5.41) is 16.6. The summed E-state index contributed by atoms with van der Waals surface area (Å²) in [6.45, 7) is 3.13. The van der Waals surface area contributed by atoms with Gasteiger partial charge in [-0.3, -0.25) is 4.68 Å². The van der Waals surface area contributed by atoms with E-state index in [9.17, 15) is 0 Å². The Morgan fingerprint density at radius 2 is 1.93 bits per heavy atom. The molecule has 1 aromatic rings. The van der Waals surface area contributed by atoms with Crippen LogP contribution >= 0.6 is 0 Å². The third-order valence-electron chi connectivity index (χ3n) is 2.49. The van der Waals surface area contributed by atoms with Gasteiger partial charge in [0, 0.05) is 6.54 Å². The van der Waals surface area contributed by atoms with Gasteiger partial charge < -0.3 is 5.11 Å². The largest absolute Gasteiger partial charge is 0.390 e. The summed E-state index contributed by atoms with van der Waals surface area (Å²) < 4.78 is 1.81. The molecule has 86 valence electrons. The molecule has 0 atom stereocenters. The van der Waals surface area contributed by atoms with E-state index < -0.39 is 0 Å². The predicted molar refractivity (Wildman–Crippen MR) is 59.3 cm³/mol. The smallest absolute Gasteiger partial charge is 0.108 e. The van der Waals surface area contributed by atoms with Crippen LogP contribution in [-0.2, 0) is 13.2 Å². The predicted octanol–water partition coefficient (Wildman–Crippen LogP) is 2.13. The topological polar surface area (TPSA) is 50.9 Å². The number of nitrogens with zero attached hydrogens (tertiary/aromatic N) is 3. The number of hydrogen-bond acceptors (Lipinski definition) is 3. The maximum Gasteiger partial charge on any atom is 0.108 e. The molecule has 0 bridgehead atoms. The van der Waals surface area contributed by atoms with Crippen molar-refractivity contribution in [3.8, 4) is 0 Å². The fourth-order valence-electron chi connectivity index (χ4n) is 1.57. The average molecular weight is 211 g/mol. The second-order valence-electron chi connectivity index (χ2n) is 3.90. The van der Waals surface area contributed by atoms with Crippen LogP contribution in [0, 0.1) is 0 Å². The molecule has 0 amide bonds. The van der Waals surface area contributed by atoms with Crippen molar-refractivity contribution in [3.05, 3.63) is 11.9 Å². The summed E-state index contributed by atoms with van der Waals surface area (Å²) in [6, 6.07) is 0. The number of aliphatic hydroxyl groups excluding tert-OH is 1. The van der Waals surface area contributed by atoms with Crippen molar-refractivity contribution in [1.82, 2.24) is 15.0 Å². The van der Waals surface area contributed by atoms with Crippen LogP contribution in [0.4, 0.5) is 0 Å². The molecule has 0 saturated carbocycles. The first-order chi connectivity index (χ1) is 7.36. The van der Waals surface area contributed by atoms with E-state index in [0.717, 1.165) is 13.0 Å². The summed E-state index contributed by atoms with van der Waals surface area (Å²) in [6.07, 6.45) is 9.52. The third kappa shape index (κ3) is 4.93. The lowest BCUT2D eigenvalue weighted by Gasteiger charge is -2.00. The summed E-state index contributed by atoms with van der Waals surface area (Å²) in [5.41, 5.74) is 0.654. The quantitative estimate of drug-likeness (QED) is 0.670. The van der Waals surface area contributed by atoms with Gasteiger partial charge in [0.25, 0.3) is 0 Å². The Balaban J connectivity index is 2.04. The molecule has 0 spiro atoms. The molecule has 1 aromatic heterocycles. The fraction of sp³-hybridized carbons (Fsp3) is 0.818. The molecule has 0 aliphatic heterocycles. The molecule has 1 heterocycles. The first kappa shape index (κ1) is 12.2. The zero-order valence-electron chi connectivity index (χ0n) is 9.52. The van der Waals surface area contributed by atoms with Gasteiger partial charge in [0.1, 0.15) is 5.69 Å². The van der Waals surface area contributed by atoms with Crippen molar-refractivity contribution in [2.24, 2.45) is 0 Å². The summed E-state index contributed by atoms with van der Waals surface area (Å²) >= 11 is 0. The van der Waals surface area contributed by atoms with Gasteiger partial charge in [-0.1, -0.05) is 44.2 Å². The summed E-state index contributed by atoms with van der Waals surface area (Å²) in [4.78, 5) is 0. The Bertz CT molecular complexity index is 260. The van der Waals surface area contributed by atoms with Crippen LogP contribution in [0.1, 0.15) is 51.1 Å². The second-order valence-corrected chi connectivity index (χ2v) is 3.90. The molecule has 0 unspecified atom stereocenters. The molecule has 15 heavy (non-hydrogen) atoms. The van der Waals surface area contributed by atoms with E-state index in [1.54, 1.807) is 0 Å². The van der Waals surface area contributed by atoms with Gasteiger partial charge >= 0.3 is 0 Å². The van der Waals surface area contributed by atoms with Gasteiger partial charge in [-0.2, -0.15) is 0 Å². The molecule has 0 aromatic carbocycles. The Kier molecular flexibility index (Phi) is 6.00. The average Bonchev–Trinajstić information content (AvgIpc) is 2.71. The number of unbranched alkanes of at least 4 members (excludes halogenated alkanes) is 5. The molecular weight excluding hydrogens is 190 g/mol. The number of aryl methyl sites for hydroxylation is 1. The summed E-state index contributed by atoms with van der Waals surface area (Å²) in [7, 11) is 0. The Labute approximate surface area is 91.3 Å². The van der Waals surface area contributed by atoms with Crippen LogP contribution in [0.3, 0.4) is 0 Å². The van der Waals surface area contributed by atoms with Gasteiger partial charge in [0.05, 0.1) is 12.8 Å². The fourth-order valence-corrected chi connectivity index (χ4v) is 1.57. The number of aromatic nitrogens is 3. The van der Waals surface area contributed by atoms with E-state index >= 15 is 0 Å².